The Kier molecular flexibility index (Phi) is 10.9. The smallest absolute Gasteiger partial charge is 0.256 e. The highest BCUT2D eigenvalue weighted by Gasteiger charge is 2.54. The Hall–Kier alpha value is -5.22. The van der Waals surface area contributed by atoms with Crippen LogP contribution in [-0.4, -0.2) is 6.71 Å². The molecule has 0 radical (unpaired) electrons. The van der Waals surface area contributed by atoms with E-state index in [9.17, 15) is 0 Å². The molecule has 7 aliphatic rings. The molecule has 1 saturated carbocycles. The average Bonchev–Trinajstić information content (AvgIpc) is 2.18. The lowest BCUT2D eigenvalue weighted by molar-refractivity contribution is 0.123. The van der Waals surface area contributed by atoms with Crippen LogP contribution in [0.4, 0.5) is 34.3 Å². The Morgan fingerprint density at radius 3 is 1.55 bits per heavy atom. The second kappa shape index (κ2) is 16.2. The fourth-order valence-electron chi connectivity index (χ4n) is 16.5. The third-order valence-electron chi connectivity index (χ3n) is 22.5. The maximum atomic E-state index is 7.85. The van der Waals surface area contributed by atoms with Gasteiger partial charge in [0.2, 0.25) is 5.88 Å². The van der Waals surface area contributed by atoms with Crippen molar-refractivity contribution in [2.24, 2.45) is 16.7 Å². The van der Waals surface area contributed by atoms with E-state index in [2.05, 4.69) is 232 Å². The zero-order valence-corrected chi connectivity index (χ0v) is 51.5. The quantitative estimate of drug-likeness (QED) is 0.164. The second-order valence-electron chi connectivity index (χ2n) is 32.4. The SMILES string of the molecule is CC1(C)CCC(C)(C)C2Cc3c(oc4c3B3c5cc6c(cc5N(c5cc7c(cc5-c5ccccc5)C(C)(C)CCC7(C)C)c5cc(C(C)(C)C)cc(c53)N4c3ccc4c(c3)C(C)(C)CCC4(C)C)C(C)(C)CCC6(C)C)C=C21. The van der Waals surface area contributed by atoms with Gasteiger partial charge in [-0.05, 0) is 227 Å². The molecule has 0 N–H and O–H groups in total. The van der Waals surface area contributed by atoms with Crippen LogP contribution in [-0.2, 0) is 44.3 Å². The van der Waals surface area contributed by atoms with Gasteiger partial charge < -0.3 is 9.32 Å². The first kappa shape index (κ1) is 52.2. The van der Waals surface area contributed by atoms with Crippen LogP contribution in [0.2, 0.25) is 0 Å². The highest BCUT2D eigenvalue weighted by atomic mass is 16.4. The van der Waals surface area contributed by atoms with Crippen LogP contribution in [0.15, 0.2) is 94.9 Å². The van der Waals surface area contributed by atoms with Gasteiger partial charge in [0.15, 0.2) is 0 Å². The molecule has 5 aliphatic carbocycles. The summed E-state index contributed by atoms with van der Waals surface area (Å²) in [6.07, 6.45) is 13.0. The van der Waals surface area contributed by atoms with Crippen LogP contribution in [0.5, 0.6) is 0 Å². The Balaban J connectivity index is 1.20. The monoisotopic (exact) mass is 1030 g/mol. The lowest BCUT2D eigenvalue weighted by Gasteiger charge is -2.50. The van der Waals surface area contributed by atoms with Crippen LogP contribution in [0.3, 0.4) is 0 Å². The van der Waals surface area contributed by atoms with Crippen LogP contribution in [0, 0.1) is 16.7 Å². The predicted molar refractivity (Wildman–Crippen MR) is 335 cm³/mol. The van der Waals surface area contributed by atoms with E-state index in [4.69, 9.17) is 4.42 Å². The van der Waals surface area contributed by atoms with Crippen LogP contribution >= 0.6 is 0 Å². The predicted octanol–water partition coefficient (Wildman–Crippen LogP) is 18.8. The zero-order valence-electron chi connectivity index (χ0n) is 51.5. The van der Waals surface area contributed by atoms with Gasteiger partial charge in [0.25, 0.3) is 6.71 Å². The van der Waals surface area contributed by atoms with Crippen molar-refractivity contribution in [3.05, 3.63) is 141 Å². The number of hydrogen-bond acceptors (Lipinski definition) is 3. The molecule has 1 unspecified atom stereocenters. The van der Waals surface area contributed by atoms with E-state index in [-0.39, 0.29) is 55.4 Å². The topological polar surface area (TPSA) is 19.6 Å². The van der Waals surface area contributed by atoms with Crippen molar-refractivity contribution in [2.75, 3.05) is 9.80 Å². The summed E-state index contributed by atoms with van der Waals surface area (Å²) >= 11 is 0. The van der Waals surface area contributed by atoms with Crippen molar-refractivity contribution in [1.82, 2.24) is 0 Å². The number of furan rings is 1. The molecule has 6 aromatic rings. The summed E-state index contributed by atoms with van der Waals surface area (Å²) in [5, 5.41) is 0. The van der Waals surface area contributed by atoms with Gasteiger partial charge in [-0.25, -0.2) is 0 Å². The zero-order chi connectivity index (χ0) is 55.6. The number of rotatable bonds is 3. The first-order valence-electron chi connectivity index (χ1n) is 30.5. The van der Waals surface area contributed by atoms with Crippen LogP contribution in [0.1, 0.15) is 233 Å². The number of anilines is 6. The lowest BCUT2D eigenvalue weighted by Crippen LogP contribution is -2.62. The van der Waals surface area contributed by atoms with E-state index in [1.165, 1.54) is 126 Å². The van der Waals surface area contributed by atoms with E-state index in [1.807, 2.05) is 0 Å². The molecule has 3 nitrogen and oxygen atoms in total. The minimum atomic E-state index is -0.160. The first-order valence-corrected chi connectivity index (χ1v) is 30.5. The largest absolute Gasteiger partial charge is 0.441 e. The number of fused-ring (bicyclic) bond motifs is 10. The van der Waals surface area contributed by atoms with Gasteiger partial charge >= 0.3 is 0 Å². The maximum absolute atomic E-state index is 7.85. The van der Waals surface area contributed by atoms with Crippen molar-refractivity contribution >= 4 is 63.5 Å². The second-order valence-corrected chi connectivity index (χ2v) is 32.4. The van der Waals surface area contributed by atoms with E-state index in [0.29, 0.717) is 5.92 Å². The molecule has 406 valence electrons. The summed E-state index contributed by atoms with van der Waals surface area (Å²) in [5.74, 6) is 2.54. The Labute approximate surface area is 471 Å². The summed E-state index contributed by atoms with van der Waals surface area (Å²) < 4.78 is 7.85. The lowest BCUT2D eigenvalue weighted by atomic mass is 9.32. The summed E-state index contributed by atoms with van der Waals surface area (Å²) in [6, 6.07) is 35.0. The average molecular weight is 1040 g/mol. The summed E-state index contributed by atoms with van der Waals surface area (Å²) in [5.41, 5.74) is 26.8. The molecule has 3 heterocycles. The van der Waals surface area contributed by atoms with E-state index in [0.717, 1.165) is 43.7 Å². The van der Waals surface area contributed by atoms with Crippen molar-refractivity contribution in [3.8, 4) is 11.1 Å². The molecule has 1 fully saturated rings. The van der Waals surface area contributed by atoms with Crippen LogP contribution in [0.25, 0.3) is 17.2 Å². The molecule has 4 heteroatoms. The number of hydrogen-bond donors (Lipinski definition) is 0. The molecule has 0 bridgehead atoms. The number of benzene rings is 5. The van der Waals surface area contributed by atoms with Gasteiger partial charge in [0, 0.05) is 28.3 Å². The van der Waals surface area contributed by atoms with Gasteiger partial charge in [-0.3, -0.25) is 4.90 Å². The maximum Gasteiger partial charge on any atom is 0.256 e. The van der Waals surface area contributed by atoms with E-state index < -0.39 is 0 Å². The van der Waals surface area contributed by atoms with Crippen molar-refractivity contribution < 1.29 is 4.42 Å². The fraction of sp³-hybridized carbons (Fsp3) is 0.514. The van der Waals surface area contributed by atoms with Crippen molar-refractivity contribution in [2.45, 2.75) is 227 Å². The third-order valence-corrected chi connectivity index (χ3v) is 22.5. The standard InChI is InChI=1S/C74H91BN2O/c1-66(2,3)45-35-60-64-61(36-45)77(58-41-54-51(69(8,9)29-32-72(54,14)15)38-47(58)44-23-21-20-22-24-44)59-42-55-53(71(12,13)31-33-73(55,16)17)40-57(59)75(64)63-48-39-52-56(74(18,19)34-30-70(52,10)11)43-62(48)78-65(63)76(60)46-25-26-49-50(37-46)68(6,7)28-27-67(49,4)5/h20-26,35-38,40-43,52H,27-34,39H2,1-19H3. The van der Waals surface area contributed by atoms with Crippen LogP contribution < -0.4 is 26.2 Å². The summed E-state index contributed by atoms with van der Waals surface area (Å²) in [6.45, 7) is 47.3. The molecule has 0 spiro atoms. The summed E-state index contributed by atoms with van der Waals surface area (Å²) in [7, 11) is 0. The van der Waals surface area contributed by atoms with Crippen molar-refractivity contribution in [3.63, 3.8) is 0 Å². The molecule has 0 saturated heterocycles. The minimum Gasteiger partial charge on any atom is -0.441 e. The Morgan fingerprint density at radius 1 is 0.474 bits per heavy atom. The molecule has 2 aliphatic heterocycles. The summed E-state index contributed by atoms with van der Waals surface area (Å²) in [4.78, 5) is 5.46. The molecule has 1 atom stereocenters. The van der Waals surface area contributed by atoms with E-state index in [1.54, 1.807) is 5.57 Å². The number of allylic oxidation sites excluding steroid dienone is 1. The van der Waals surface area contributed by atoms with Gasteiger partial charge in [-0.15, -0.1) is 0 Å². The van der Waals surface area contributed by atoms with Gasteiger partial charge in [-0.1, -0.05) is 180 Å². The third kappa shape index (κ3) is 7.54. The molecular weight excluding hydrogens is 944 g/mol. The van der Waals surface area contributed by atoms with Crippen molar-refractivity contribution in [1.29, 1.82) is 0 Å². The molecule has 5 aromatic carbocycles. The van der Waals surface area contributed by atoms with E-state index >= 15 is 0 Å². The van der Waals surface area contributed by atoms with Gasteiger partial charge in [0.1, 0.15) is 5.76 Å². The van der Waals surface area contributed by atoms with Gasteiger partial charge in [-0.2, -0.15) is 0 Å². The highest BCUT2D eigenvalue weighted by molar-refractivity contribution is 7.00. The molecule has 0 amide bonds. The fourth-order valence-corrected chi connectivity index (χ4v) is 16.5. The molecule has 1 aromatic heterocycles. The number of nitrogens with zero attached hydrogens (tertiary/aromatic N) is 2. The highest BCUT2D eigenvalue weighted by Crippen LogP contribution is 2.60. The minimum absolute atomic E-state index is 0.00700. The molecule has 13 rings (SSSR count). The molecule has 78 heavy (non-hydrogen) atoms. The Bertz CT molecular complexity index is 3560. The first-order chi connectivity index (χ1) is 36.2. The van der Waals surface area contributed by atoms with Gasteiger partial charge in [0.05, 0.1) is 5.69 Å². The Morgan fingerprint density at radius 2 is 0.974 bits per heavy atom. The normalized spacial score (nSPS) is 23.6. The molecular formula is C74H91BN2O.